The van der Waals surface area contributed by atoms with Gasteiger partial charge >= 0.3 is 0 Å². The summed E-state index contributed by atoms with van der Waals surface area (Å²) in [5.74, 6) is -0.0682. The van der Waals surface area contributed by atoms with Crippen molar-refractivity contribution >= 4 is 33.2 Å². The summed E-state index contributed by atoms with van der Waals surface area (Å²) in [6.45, 7) is 2.58. The molecule has 15 heavy (non-hydrogen) atoms. The van der Waals surface area contributed by atoms with E-state index in [2.05, 4.69) is 21.2 Å². The lowest BCUT2D eigenvalue weighted by atomic mass is 10.2. The molecule has 1 aromatic heterocycles. The van der Waals surface area contributed by atoms with Crippen LogP contribution in [0.1, 0.15) is 24.6 Å². The first kappa shape index (κ1) is 12.7. The highest BCUT2D eigenvalue weighted by atomic mass is 79.9. The van der Waals surface area contributed by atoms with Crippen LogP contribution in [0.5, 0.6) is 0 Å². The van der Waals surface area contributed by atoms with E-state index in [1.807, 2.05) is 19.1 Å². The first-order valence-electron chi connectivity index (χ1n) is 4.91. The number of hydrogen-bond acceptors (Lipinski definition) is 3. The van der Waals surface area contributed by atoms with E-state index in [4.69, 9.17) is 5.73 Å². The summed E-state index contributed by atoms with van der Waals surface area (Å²) in [7, 11) is 0. The number of nitrogens with two attached hydrogens (primary N) is 1. The van der Waals surface area contributed by atoms with Gasteiger partial charge in [-0.2, -0.15) is 0 Å². The van der Waals surface area contributed by atoms with Crippen molar-refractivity contribution in [3.63, 3.8) is 0 Å². The standard InChI is InChI=1S/C10H15BrN2OS/c1-2-3-8(12)10(14)13-6-7-4-5-9(11)15-7/h4-5,8H,2-3,6,12H2,1H3,(H,13,14)/t8-/m0/s1. The molecule has 3 N–H and O–H groups in total. The number of amides is 1. The zero-order chi connectivity index (χ0) is 11.3. The van der Waals surface area contributed by atoms with Crippen LogP contribution in [-0.2, 0) is 11.3 Å². The first-order chi connectivity index (χ1) is 7.13. The van der Waals surface area contributed by atoms with Crippen molar-refractivity contribution in [3.8, 4) is 0 Å². The van der Waals surface area contributed by atoms with Crippen molar-refractivity contribution in [1.82, 2.24) is 5.32 Å². The van der Waals surface area contributed by atoms with E-state index in [-0.39, 0.29) is 11.9 Å². The molecule has 0 bridgehead atoms. The van der Waals surface area contributed by atoms with Gasteiger partial charge in [-0.25, -0.2) is 0 Å². The average Bonchev–Trinajstić information content (AvgIpc) is 2.61. The molecule has 1 amide bonds. The minimum Gasteiger partial charge on any atom is -0.350 e. The molecule has 1 rings (SSSR count). The molecule has 0 fully saturated rings. The monoisotopic (exact) mass is 290 g/mol. The van der Waals surface area contributed by atoms with Gasteiger partial charge in [-0.3, -0.25) is 4.79 Å². The highest BCUT2D eigenvalue weighted by molar-refractivity contribution is 9.11. The predicted molar refractivity (Wildman–Crippen MR) is 66.7 cm³/mol. The highest BCUT2D eigenvalue weighted by Crippen LogP contribution is 2.21. The molecule has 84 valence electrons. The Bertz CT molecular complexity index is 327. The fraction of sp³-hybridized carbons (Fsp3) is 0.500. The molecule has 0 aliphatic heterocycles. The van der Waals surface area contributed by atoms with Crippen molar-refractivity contribution in [3.05, 3.63) is 20.8 Å². The lowest BCUT2D eigenvalue weighted by Crippen LogP contribution is -2.39. The van der Waals surface area contributed by atoms with E-state index in [1.165, 1.54) is 0 Å². The Morgan fingerprint density at radius 3 is 2.93 bits per heavy atom. The van der Waals surface area contributed by atoms with Gasteiger partial charge in [-0.1, -0.05) is 13.3 Å². The number of thiophene rings is 1. The number of nitrogens with one attached hydrogen (secondary N) is 1. The Hall–Kier alpha value is -0.390. The van der Waals surface area contributed by atoms with Gasteiger partial charge in [0.05, 0.1) is 16.4 Å². The molecule has 1 atom stereocenters. The van der Waals surface area contributed by atoms with Crippen LogP contribution in [-0.4, -0.2) is 11.9 Å². The third-order valence-corrected chi connectivity index (χ3v) is 3.63. The molecule has 0 radical (unpaired) electrons. The first-order valence-corrected chi connectivity index (χ1v) is 6.52. The Balaban J connectivity index is 2.34. The Kier molecular flexibility index (Phi) is 5.28. The average molecular weight is 291 g/mol. The van der Waals surface area contributed by atoms with Crippen molar-refractivity contribution in [2.24, 2.45) is 5.73 Å². The summed E-state index contributed by atoms with van der Waals surface area (Å²) in [6.07, 6.45) is 1.67. The molecule has 5 heteroatoms. The molecule has 1 aromatic rings. The second kappa shape index (κ2) is 6.25. The molecule has 0 aliphatic carbocycles. The normalized spacial score (nSPS) is 12.5. The maximum Gasteiger partial charge on any atom is 0.237 e. The molecular weight excluding hydrogens is 276 g/mol. The highest BCUT2D eigenvalue weighted by Gasteiger charge is 2.11. The number of carbonyl (C=O) groups excluding carboxylic acids is 1. The molecule has 0 saturated heterocycles. The molecule has 1 heterocycles. The number of halogens is 1. The Labute approximate surface area is 102 Å². The maximum absolute atomic E-state index is 11.5. The third-order valence-electron chi connectivity index (χ3n) is 2.00. The van der Waals surface area contributed by atoms with Gasteiger partial charge in [-0.15, -0.1) is 11.3 Å². The second-order valence-corrected chi connectivity index (χ2v) is 5.87. The predicted octanol–water partition coefficient (Wildman–Crippen LogP) is 2.25. The quantitative estimate of drug-likeness (QED) is 0.874. The van der Waals surface area contributed by atoms with Crippen molar-refractivity contribution in [2.75, 3.05) is 0 Å². The number of rotatable bonds is 5. The lowest BCUT2D eigenvalue weighted by Gasteiger charge is -2.09. The number of hydrogen-bond donors (Lipinski definition) is 2. The van der Waals surface area contributed by atoms with Crippen LogP contribution < -0.4 is 11.1 Å². The van der Waals surface area contributed by atoms with Gasteiger partial charge in [-0.05, 0) is 34.5 Å². The summed E-state index contributed by atoms with van der Waals surface area (Å²) in [5.41, 5.74) is 5.68. The lowest BCUT2D eigenvalue weighted by molar-refractivity contribution is -0.122. The Morgan fingerprint density at radius 2 is 2.40 bits per heavy atom. The number of carbonyl (C=O) groups is 1. The minimum atomic E-state index is -0.376. The van der Waals surface area contributed by atoms with Crippen LogP contribution >= 0.6 is 27.3 Å². The van der Waals surface area contributed by atoms with Crippen LogP contribution in [0, 0.1) is 0 Å². The minimum absolute atomic E-state index is 0.0682. The zero-order valence-corrected chi connectivity index (χ0v) is 11.0. The SMILES string of the molecule is CCC[C@H](N)C(=O)NCc1ccc(Br)s1. The van der Waals surface area contributed by atoms with Crippen molar-refractivity contribution in [2.45, 2.75) is 32.4 Å². The molecular formula is C10H15BrN2OS. The van der Waals surface area contributed by atoms with Crippen LogP contribution in [0.15, 0.2) is 15.9 Å². The van der Waals surface area contributed by atoms with E-state index in [0.29, 0.717) is 6.54 Å². The van der Waals surface area contributed by atoms with Gasteiger partial charge in [0.2, 0.25) is 5.91 Å². The van der Waals surface area contributed by atoms with Crippen LogP contribution in [0.4, 0.5) is 0 Å². The molecule has 3 nitrogen and oxygen atoms in total. The van der Waals surface area contributed by atoms with Gasteiger partial charge in [0.15, 0.2) is 0 Å². The van der Waals surface area contributed by atoms with Crippen molar-refractivity contribution in [1.29, 1.82) is 0 Å². The molecule has 0 aliphatic rings. The van der Waals surface area contributed by atoms with Gasteiger partial charge in [0.25, 0.3) is 0 Å². The van der Waals surface area contributed by atoms with E-state index < -0.39 is 0 Å². The third kappa shape index (κ3) is 4.32. The molecule has 0 saturated carbocycles. The summed E-state index contributed by atoms with van der Waals surface area (Å²) in [5, 5.41) is 2.82. The Morgan fingerprint density at radius 1 is 1.67 bits per heavy atom. The summed E-state index contributed by atoms with van der Waals surface area (Å²) < 4.78 is 1.07. The molecule has 0 unspecified atom stereocenters. The van der Waals surface area contributed by atoms with E-state index >= 15 is 0 Å². The topological polar surface area (TPSA) is 55.1 Å². The van der Waals surface area contributed by atoms with Gasteiger partial charge in [0, 0.05) is 4.88 Å². The van der Waals surface area contributed by atoms with Crippen LogP contribution in [0.25, 0.3) is 0 Å². The molecule has 0 spiro atoms. The van der Waals surface area contributed by atoms with E-state index in [9.17, 15) is 4.79 Å². The zero-order valence-electron chi connectivity index (χ0n) is 8.63. The van der Waals surface area contributed by atoms with Gasteiger partial charge in [0.1, 0.15) is 0 Å². The summed E-state index contributed by atoms with van der Waals surface area (Å²) in [6, 6.07) is 3.58. The summed E-state index contributed by atoms with van der Waals surface area (Å²) >= 11 is 4.99. The van der Waals surface area contributed by atoms with E-state index in [1.54, 1.807) is 11.3 Å². The maximum atomic E-state index is 11.5. The van der Waals surface area contributed by atoms with Crippen LogP contribution in [0.2, 0.25) is 0 Å². The smallest absolute Gasteiger partial charge is 0.237 e. The van der Waals surface area contributed by atoms with Crippen molar-refractivity contribution < 1.29 is 4.79 Å². The molecule has 0 aromatic carbocycles. The summed E-state index contributed by atoms with van der Waals surface area (Å²) in [4.78, 5) is 12.6. The second-order valence-electron chi connectivity index (χ2n) is 3.32. The van der Waals surface area contributed by atoms with Crippen LogP contribution in [0.3, 0.4) is 0 Å². The fourth-order valence-corrected chi connectivity index (χ4v) is 2.62. The van der Waals surface area contributed by atoms with E-state index in [0.717, 1.165) is 21.5 Å². The fourth-order valence-electron chi connectivity index (χ4n) is 1.19. The largest absolute Gasteiger partial charge is 0.350 e. The van der Waals surface area contributed by atoms with Gasteiger partial charge < -0.3 is 11.1 Å².